The minimum absolute atomic E-state index is 0.0552. The Labute approximate surface area is 181 Å². The van der Waals surface area contributed by atoms with Crippen molar-refractivity contribution in [3.8, 4) is 0 Å². The molecule has 3 heterocycles. The highest BCUT2D eigenvalue weighted by molar-refractivity contribution is 6.02. The van der Waals surface area contributed by atoms with Crippen LogP contribution >= 0.6 is 0 Å². The van der Waals surface area contributed by atoms with E-state index in [-0.39, 0.29) is 11.7 Å². The van der Waals surface area contributed by atoms with E-state index in [1.165, 1.54) is 12.1 Å². The second-order valence-electron chi connectivity index (χ2n) is 8.53. The van der Waals surface area contributed by atoms with Crippen molar-refractivity contribution < 1.29 is 9.18 Å². The van der Waals surface area contributed by atoms with Gasteiger partial charge in [0.2, 0.25) is 0 Å². The number of halogens is 1. The van der Waals surface area contributed by atoms with E-state index in [4.69, 9.17) is 4.98 Å². The Hall–Kier alpha value is -3.15. The Balaban J connectivity index is 1.29. The van der Waals surface area contributed by atoms with Gasteiger partial charge in [0.1, 0.15) is 11.6 Å². The molecule has 31 heavy (non-hydrogen) atoms. The van der Waals surface area contributed by atoms with E-state index in [2.05, 4.69) is 15.1 Å². The van der Waals surface area contributed by atoms with Gasteiger partial charge in [-0.3, -0.25) is 4.79 Å². The molecule has 1 amide bonds. The summed E-state index contributed by atoms with van der Waals surface area (Å²) in [6, 6.07) is 16.6. The maximum Gasteiger partial charge on any atom is 0.255 e. The molecule has 1 unspecified atom stereocenters. The van der Waals surface area contributed by atoms with Crippen molar-refractivity contribution in [2.75, 3.05) is 42.5 Å². The molecule has 6 heteroatoms. The van der Waals surface area contributed by atoms with Crippen molar-refractivity contribution in [3.63, 3.8) is 0 Å². The fourth-order valence-electron chi connectivity index (χ4n) is 4.66. The molecule has 2 saturated heterocycles. The maximum absolute atomic E-state index is 13.2. The molecule has 0 bridgehead atoms. The lowest BCUT2D eigenvalue weighted by molar-refractivity contribution is 0.0948. The fourth-order valence-corrected chi connectivity index (χ4v) is 4.66. The summed E-state index contributed by atoms with van der Waals surface area (Å²) in [5.74, 6) is 0.899. The summed E-state index contributed by atoms with van der Waals surface area (Å²) in [4.78, 5) is 22.5. The number of hydrogen-bond donors (Lipinski definition) is 1. The van der Waals surface area contributed by atoms with Gasteiger partial charge in [-0.1, -0.05) is 18.2 Å². The second-order valence-corrected chi connectivity index (χ2v) is 8.53. The van der Waals surface area contributed by atoms with Crippen LogP contribution in [0.5, 0.6) is 0 Å². The van der Waals surface area contributed by atoms with Crippen LogP contribution in [-0.2, 0) is 0 Å². The van der Waals surface area contributed by atoms with Crippen molar-refractivity contribution in [1.29, 1.82) is 0 Å². The highest BCUT2D eigenvalue weighted by Gasteiger charge is 2.25. The largest absolute Gasteiger partial charge is 0.371 e. The Morgan fingerprint density at radius 3 is 2.61 bits per heavy atom. The highest BCUT2D eigenvalue weighted by Crippen LogP contribution is 2.27. The van der Waals surface area contributed by atoms with Crippen LogP contribution in [0.4, 0.5) is 15.9 Å². The van der Waals surface area contributed by atoms with Crippen LogP contribution in [-0.4, -0.2) is 43.6 Å². The van der Waals surface area contributed by atoms with Crippen molar-refractivity contribution >= 4 is 28.3 Å². The van der Waals surface area contributed by atoms with E-state index < -0.39 is 0 Å². The summed E-state index contributed by atoms with van der Waals surface area (Å²) < 4.78 is 13.2. The van der Waals surface area contributed by atoms with Gasteiger partial charge in [-0.15, -0.1) is 0 Å². The van der Waals surface area contributed by atoms with E-state index >= 15 is 0 Å². The topological polar surface area (TPSA) is 48.5 Å². The number of fused-ring (bicyclic) bond motifs is 1. The SMILES string of the molecule is O=C(NCC1CCN(c2ccc(F)cc2)C1)c1cc2ccccc2nc1N1CCCC1. The number of nitrogens with zero attached hydrogens (tertiary/aromatic N) is 3. The molecule has 2 aliphatic heterocycles. The van der Waals surface area contributed by atoms with Gasteiger partial charge in [0.25, 0.3) is 5.91 Å². The molecule has 0 radical (unpaired) electrons. The normalized spacial score (nSPS) is 18.7. The summed E-state index contributed by atoms with van der Waals surface area (Å²) in [6.45, 7) is 4.30. The molecule has 0 spiro atoms. The smallest absolute Gasteiger partial charge is 0.255 e. The molecule has 160 valence electrons. The average Bonchev–Trinajstić information content (AvgIpc) is 3.49. The van der Waals surface area contributed by atoms with Crippen LogP contribution in [0.25, 0.3) is 10.9 Å². The lowest BCUT2D eigenvalue weighted by atomic mass is 10.1. The maximum atomic E-state index is 13.2. The number of amides is 1. The molecule has 2 aromatic carbocycles. The van der Waals surface area contributed by atoms with E-state index in [1.807, 2.05) is 42.5 Å². The standard InChI is InChI=1S/C25H27FN4O/c26-20-7-9-21(10-8-20)30-14-11-18(17-30)16-27-25(31)22-15-19-5-1-2-6-23(19)28-24(22)29-12-3-4-13-29/h1-2,5-10,15,18H,3-4,11-14,16-17H2,(H,27,31). The fraction of sp³-hybridized carbons (Fsp3) is 0.360. The molecule has 0 saturated carbocycles. The Bertz CT molecular complexity index is 1080. The number of hydrogen-bond acceptors (Lipinski definition) is 4. The summed E-state index contributed by atoms with van der Waals surface area (Å²) in [7, 11) is 0. The van der Waals surface area contributed by atoms with Crippen LogP contribution in [0.3, 0.4) is 0 Å². The summed E-state index contributed by atoms with van der Waals surface area (Å²) in [6.07, 6.45) is 3.28. The van der Waals surface area contributed by atoms with Gasteiger partial charge in [0, 0.05) is 43.8 Å². The Kier molecular flexibility index (Phi) is 5.45. The third-order valence-electron chi connectivity index (χ3n) is 6.38. The molecule has 2 fully saturated rings. The third kappa shape index (κ3) is 4.20. The monoisotopic (exact) mass is 418 g/mol. The molecule has 2 aliphatic rings. The molecule has 0 aliphatic carbocycles. The number of carbonyl (C=O) groups excluding carboxylic acids is 1. The van der Waals surface area contributed by atoms with Crippen molar-refractivity contribution in [2.45, 2.75) is 19.3 Å². The van der Waals surface area contributed by atoms with Crippen LogP contribution in [0.1, 0.15) is 29.6 Å². The number of aromatic nitrogens is 1. The van der Waals surface area contributed by atoms with E-state index in [1.54, 1.807) is 0 Å². The predicted molar refractivity (Wildman–Crippen MR) is 122 cm³/mol. The first-order valence-corrected chi connectivity index (χ1v) is 11.1. The van der Waals surface area contributed by atoms with Crippen molar-refractivity contribution in [3.05, 3.63) is 66.0 Å². The van der Waals surface area contributed by atoms with Gasteiger partial charge in [-0.25, -0.2) is 9.37 Å². The lowest BCUT2D eigenvalue weighted by Crippen LogP contribution is -2.33. The summed E-state index contributed by atoms with van der Waals surface area (Å²) in [5, 5.41) is 4.14. The summed E-state index contributed by atoms with van der Waals surface area (Å²) in [5.41, 5.74) is 2.62. The molecule has 1 atom stereocenters. The van der Waals surface area contributed by atoms with Gasteiger partial charge in [0.05, 0.1) is 11.1 Å². The average molecular weight is 419 g/mol. The Morgan fingerprint density at radius 2 is 1.81 bits per heavy atom. The minimum atomic E-state index is -0.218. The number of rotatable bonds is 5. The molecule has 1 N–H and O–H groups in total. The van der Waals surface area contributed by atoms with Gasteiger partial charge < -0.3 is 15.1 Å². The lowest BCUT2D eigenvalue weighted by Gasteiger charge is -2.21. The number of carbonyl (C=O) groups is 1. The second kappa shape index (κ2) is 8.53. The van der Waals surface area contributed by atoms with Crippen molar-refractivity contribution in [1.82, 2.24) is 10.3 Å². The van der Waals surface area contributed by atoms with Gasteiger partial charge >= 0.3 is 0 Å². The van der Waals surface area contributed by atoms with Crippen LogP contribution in [0, 0.1) is 11.7 Å². The quantitative estimate of drug-likeness (QED) is 0.674. The number of pyridine rings is 1. The number of anilines is 2. The van der Waals surface area contributed by atoms with Crippen LogP contribution in [0.15, 0.2) is 54.6 Å². The van der Waals surface area contributed by atoms with E-state index in [0.29, 0.717) is 18.0 Å². The number of nitrogens with one attached hydrogen (secondary N) is 1. The minimum Gasteiger partial charge on any atom is -0.371 e. The van der Waals surface area contributed by atoms with Crippen LogP contribution in [0.2, 0.25) is 0 Å². The van der Waals surface area contributed by atoms with Crippen LogP contribution < -0.4 is 15.1 Å². The first-order chi connectivity index (χ1) is 15.2. The summed E-state index contributed by atoms with van der Waals surface area (Å²) >= 11 is 0. The van der Waals surface area contributed by atoms with Gasteiger partial charge in [-0.05, 0) is 61.6 Å². The van der Waals surface area contributed by atoms with E-state index in [9.17, 15) is 9.18 Å². The van der Waals surface area contributed by atoms with Gasteiger partial charge in [0.15, 0.2) is 0 Å². The number of para-hydroxylation sites is 1. The van der Waals surface area contributed by atoms with Crippen molar-refractivity contribution in [2.24, 2.45) is 5.92 Å². The zero-order valence-corrected chi connectivity index (χ0v) is 17.6. The van der Waals surface area contributed by atoms with E-state index in [0.717, 1.165) is 67.8 Å². The highest BCUT2D eigenvalue weighted by atomic mass is 19.1. The third-order valence-corrected chi connectivity index (χ3v) is 6.38. The molecule has 5 rings (SSSR count). The zero-order valence-electron chi connectivity index (χ0n) is 17.6. The molecular formula is C25H27FN4O. The first-order valence-electron chi connectivity index (χ1n) is 11.1. The molecule has 1 aromatic heterocycles. The molecular weight excluding hydrogens is 391 g/mol. The molecule has 5 nitrogen and oxygen atoms in total. The first kappa shape index (κ1) is 19.8. The van der Waals surface area contributed by atoms with Gasteiger partial charge in [-0.2, -0.15) is 0 Å². The predicted octanol–water partition coefficient (Wildman–Crippen LogP) is 4.23. The zero-order chi connectivity index (χ0) is 21.2. The Morgan fingerprint density at radius 1 is 1.03 bits per heavy atom. The molecule has 3 aromatic rings. The number of benzene rings is 2.